The van der Waals surface area contributed by atoms with Gasteiger partial charge in [-0.15, -0.1) is 0 Å². The summed E-state index contributed by atoms with van der Waals surface area (Å²) in [6, 6.07) is 9.58. The Hall–Kier alpha value is -1.51. The minimum absolute atomic E-state index is 0.0418. The zero-order chi connectivity index (χ0) is 14.3. The Morgan fingerprint density at radius 2 is 2.00 bits per heavy atom. The van der Waals surface area contributed by atoms with Gasteiger partial charge in [-0.2, -0.15) is 0 Å². The molecule has 0 amide bonds. The molecule has 1 heterocycles. The molecule has 0 saturated heterocycles. The van der Waals surface area contributed by atoms with Gasteiger partial charge in [0.15, 0.2) is 6.20 Å². The van der Waals surface area contributed by atoms with Crippen LogP contribution in [0.1, 0.15) is 24.0 Å². The Balaban J connectivity index is 2.02. The molecule has 1 fully saturated rings. The number of aromatic nitrogens is 1. The van der Waals surface area contributed by atoms with Gasteiger partial charge < -0.3 is 0 Å². The van der Waals surface area contributed by atoms with Crippen molar-refractivity contribution in [3.63, 3.8) is 0 Å². The maximum absolute atomic E-state index is 6.30. The molecule has 1 saturated carbocycles. The molecule has 0 radical (unpaired) electrons. The van der Waals surface area contributed by atoms with Gasteiger partial charge in [0.05, 0.1) is 0 Å². The average molecular weight is 306 g/mol. The lowest BCUT2D eigenvalue weighted by Gasteiger charge is -2.19. The van der Waals surface area contributed by atoms with Crippen molar-refractivity contribution in [1.82, 2.24) is 0 Å². The Morgan fingerprint density at radius 3 is 2.60 bits per heavy atom. The first-order valence-electron chi connectivity index (χ1n) is 6.45. The molecule has 2 N–H and O–H groups in total. The molecule has 4 heteroatoms. The monoisotopic (exact) mass is 305 g/mol. The summed E-state index contributed by atoms with van der Waals surface area (Å²) in [5.41, 5.74) is 3.13. The maximum atomic E-state index is 6.30. The summed E-state index contributed by atoms with van der Waals surface area (Å²) in [4.78, 5) is 0. The highest BCUT2D eigenvalue weighted by Crippen LogP contribution is 2.57. The second-order valence-corrected chi connectivity index (χ2v) is 6.07. The van der Waals surface area contributed by atoms with Gasteiger partial charge in [0.25, 0.3) is 0 Å². The largest absolute Gasteiger partial charge is 0.205 e. The molecule has 1 aromatic heterocycles. The van der Waals surface area contributed by atoms with Crippen LogP contribution in [0.25, 0.3) is 5.57 Å². The highest BCUT2D eigenvalue weighted by molar-refractivity contribution is 6.35. The molecule has 0 spiro atoms. The number of nitrogens with zero attached hydrogens (tertiary/aromatic N) is 1. The first-order valence-corrected chi connectivity index (χ1v) is 7.20. The topological polar surface area (TPSA) is 29.9 Å². The van der Waals surface area contributed by atoms with Crippen molar-refractivity contribution in [3.8, 4) is 0 Å². The molecule has 20 heavy (non-hydrogen) atoms. The molecular weight excluding hydrogens is 291 g/mol. The van der Waals surface area contributed by atoms with Gasteiger partial charge in [0.1, 0.15) is 0 Å². The summed E-state index contributed by atoms with van der Waals surface area (Å²) in [6.07, 6.45) is 5.89. The lowest BCUT2D eigenvalue weighted by molar-refractivity contribution is -0.639. The van der Waals surface area contributed by atoms with Crippen LogP contribution in [0.3, 0.4) is 0 Å². The average Bonchev–Trinajstić information content (AvgIpc) is 3.19. The number of allylic oxidation sites excluding steroid dienone is 1. The Morgan fingerprint density at radius 1 is 1.25 bits per heavy atom. The summed E-state index contributed by atoms with van der Waals surface area (Å²) in [5.74, 6) is 5.82. The molecule has 0 atom stereocenters. The number of rotatable bonds is 3. The van der Waals surface area contributed by atoms with Crippen LogP contribution in [0.2, 0.25) is 10.0 Å². The summed E-state index contributed by atoms with van der Waals surface area (Å²) >= 11 is 12.3. The van der Waals surface area contributed by atoms with E-state index < -0.39 is 0 Å². The van der Waals surface area contributed by atoms with E-state index in [-0.39, 0.29) is 5.41 Å². The van der Waals surface area contributed by atoms with Gasteiger partial charge >= 0.3 is 0 Å². The number of hydrogen-bond donors (Lipinski definition) is 1. The summed E-state index contributed by atoms with van der Waals surface area (Å²) in [6.45, 7) is 4.28. The predicted octanol–water partition coefficient (Wildman–Crippen LogP) is 3.74. The van der Waals surface area contributed by atoms with Crippen LogP contribution in [0.4, 0.5) is 0 Å². The Bertz CT molecular complexity index is 691. The van der Waals surface area contributed by atoms with E-state index in [2.05, 4.69) is 12.6 Å². The van der Waals surface area contributed by atoms with E-state index in [4.69, 9.17) is 29.0 Å². The molecule has 0 aliphatic heterocycles. The van der Waals surface area contributed by atoms with Crippen molar-refractivity contribution < 1.29 is 4.68 Å². The summed E-state index contributed by atoms with van der Waals surface area (Å²) in [7, 11) is 0. The van der Waals surface area contributed by atoms with Gasteiger partial charge in [-0.05, 0) is 42.2 Å². The van der Waals surface area contributed by atoms with E-state index in [1.807, 2.05) is 30.6 Å². The van der Waals surface area contributed by atoms with Crippen molar-refractivity contribution in [1.29, 1.82) is 0 Å². The molecule has 2 nitrogen and oxygen atoms in total. The molecule has 0 bridgehead atoms. The molecule has 102 valence electrons. The maximum Gasteiger partial charge on any atom is 0.203 e. The van der Waals surface area contributed by atoms with E-state index in [9.17, 15) is 0 Å². The van der Waals surface area contributed by atoms with Crippen molar-refractivity contribution in [2.75, 3.05) is 5.84 Å². The molecular formula is C16H15Cl2N2+. The van der Waals surface area contributed by atoms with Crippen LogP contribution in [0.5, 0.6) is 0 Å². The van der Waals surface area contributed by atoms with Crippen molar-refractivity contribution in [3.05, 3.63) is 70.5 Å². The van der Waals surface area contributed by atoms with Gasteiger partial charge in [-0.3, -0.25) is 0 Å². The number of hydrogen-bond acceptors (Lipinski definition) is 1. The highest BCUT2D eigenvalue weighted by atomic mass is 35.5. The fourth-order valence-corrected chi connectivity index (χ4v) is 3.18. The first-order chi connectivity index (χ1) is 9.53. The first kappa shape index (κ1) is 13.5. The second-order valence-electron chi connectivity index (χ2n) is 5.22. The third kappa shape index (κ3) is 2.19. The lowest BCUT2D eigenvalue weighted by atomic mass is 9.85. The normalized spacial score (nSPS) is 15.9. The number of halogens is 2. The minimum Gasteiger partial charge on any atom is -0.205 e. The van der Waals surface area contributed by atoms with E-state index in [1.165, 1.54) is 5.56 Å². The van der Waals surface area contributed by atoms with Crippen molar-refractivity contribution in [2.24, 2.45) is 0 Å². The number of pyridine rings is 1. The van der Waals surface area contributed by atoms with E-state index >= 15 is 0 Å². The molecule has 1 aliphatic rings. The van der Waals surface area contributed by atoms with Crippen LogP contribution in [0.15, 0.2) is 49.3 Å². The fourth-order valence-electron chi connectivity index (χ4n) is 2.66. The smallest absolute Gasteiger partial charge is 0.203 e. The second kappa shape index (κ2) is 4.80. The van der Waals surface area contributed by atoms with Crippen LogP contribution < -0.4 is 10.5 Å². The van der Waals surface area contributed by atoms with E-state index in [0.717, 1.165) is 24.0 Å². The standard InChI is InChI=1S/C16H15Cl2N2/c1-11(14-5-4-13(17)9-15(14)18)16(6-7-16)12-3-2-8-20(19)10-12/h2-5,8-10H,1,6-7,19H2/q+1. The summed E-state index contributed by atoms with van der Waals surface area (Å²) < 4.78 is 1.58. The minimum atomic E-state index is -0.0418. The summed E-state index contributed by atoms with van der Waals surface area (Å²) in [5, 5.41) is 1.28. The van der Waals surface area contributed by atoms with Crippen LogP contribution in [-0.4, -0.2) is 0 Å². The van der Waals surface area contributed by atoms with Gasteiger partial charge in [-0.1, -0.05) is 40.5 Å². The highest BCUT2D eigenvalue weighted by Gasteiger charge is 2.48. The van der Waals surface area contributed by atoms with Crippen LogP contribution in [0, 0.1) is 0 Å². The van der Waals surface area contributed by atoms with Crippen molar-refractivity contribution >= 4 is 28.8 Å². The fraction of sp³-hybridized carbons (Fsp3) is 0.188. The zero-order valence-corrected chi connectivity index (χ0v) is 12.5. The SMILES string of the molecule is C=C(c1ccc(Cl)cc1Cl)C1(c2ccc[n+](N)c2)CC1. The number of nitrogen functional groups attached to an aromatic ring is 1. The number of nitrogens with two attached hydrogens (primary N) is 1. The van der Waals surface area contributed by atoms with E-state index in [1.54, 1.807) is 10.7 Å². The van der Waals surface area contributed by atoms with Gasteiger partial charge in [0.2, 0.25) is 6.20 Å². The quantitative estimate of drug-likeness (QED) is 0.679. The third-order valence-electron chi connectivity index (χ3n) is 3.96. The Kier molecular flexibility index (Phi) is 3.23. The molecule has 2 aromatic rings. The van der Waals surface area contributed by atoms with Gasteiger partial charge in [-0.25, -0.2) is 5.84 Å². The zero-order valence-electron chi connectivity index (χ0n) is 10.9. The van der Waals surface area contributed by atoms with Crippen LogP contribution >= 0.6 is 23.2 Å². The van der Waals surface area contributed by atoms with E-state index in [0.29, 0.717) is 10.0 Å². The van der Waals surface area contributed by atoms with Gasteiger partial charge in [0, 0.05) is 27.1 Å². The molecule has 0 unspecified atom stereocenters. The molecule has 1 aromatic carbocycles. The molecule has 1 aliphatic carbocycles. The number of benzene rings is 1. The third-order valence-corrected chi connectivity index (χ3v) is 4.51. The van der Waals surface area contributed by atoms with Crippen molar-refractivity contribution in [2.45, 2.75) is 18.3 Å². The Labute approximate surface area is 128 Å². The molecule has 3 rings (SSSR count). The lowest BCUT2D eigenvalue weighted by Crippen LogP contribution is -2.44. The van der Waals surface area contributed by atoms with Crippen LogP contribution in [-0.2, 0) is 5.41 Å². The predicted molar refractivity (Wildman–Crippen MR) is 83.2 cm³/mol.